The van der Waals surface area contributed by atoms with Crippen molar-refractivity contribution in [1.82, 2.24) is 10.2 Å². The Balaban J connectivity index is 2.96. The maximum Gasteiger partial charge on any atom is 0.0689 e. The van der Waals surface area contributed by atoms with Gasteiger partial charge in [-0.3, -0.25) is 0 Å². The Morgan fingerprint density at radius 3 is 2.92 bits per heavy atom. The molecule has 0 N–H and O–H groups in total. The molecule has 0 aliphatic heterocycles. The van der Waals surface area contributed by atoms with E-state index in [1.807, 2.05) is 25.1 Å². The largest absolute Gasteiger partial charge is 0.158 e. The van der Waals surface area contributed by atoms with E-state index in [2.05, 4.69) is 26.1 Å². The summed E-state index contributed by atoms with van der Waals surface area (Å²) in [6.07, 6.45) is 1.77. The maximum absolute atomic E-state index is 3.99. The second-order valence-electron chi connectivity index (χ2n) is 2.63. The lowest BCUT2D eigenvalue weighted by Crippen LogP contribution is -1.87. The number of hydrogen-bond acceptors (Lipinski definition) is 2. The molecule has 2 nitrogen and oxygen atoms in total. The van der Waals surface area contributed by atoms with Crippen LogP contribution in [0, 0.1) is 6.92 Å². The molecule has 0 atom stereocenters. The topological polar surface area (TPSA) is 25.8 Å². The molecule has 1 aromatic heterocycles. The Hall–Kier alpha value is -0.960. The summed E-state index contributed by atoms with van der Waals surface area (Å²) in [7, 11) is 0. The molecule has 0 unspecified atom stereocenters. The van der Waals surface area contributed by atoms with E-state index in [0.29, 0.717) is 0 Å². The molecule has 0 fully saturated rings. The van der Waals surface area contributed by atoms with Crippen LogP contribution in [0.15, 0.2) is 28.9 Å². The van der Waals surface area contributed by atoms with E-state index < -0.39 is 0 Å². The van der Waals surface area contributed by atoms with Crippen LogP contribution >= 0.6 is 15.9 Å². The molecule has 0 amide bonds. The van der Waals surface area contributed by atoms with Crippen LogP contribution < -0.4 is 0 Å². The van der Waals surface area contributed by atoms with Crippen LogP contribution in [-0.2, 0) is 0 Å². The summed E-state index contributed by atoms with van der Waals surface area (Å²) in [6.45, 7) is 1.96. The maximum atomic E-state index is 3.99. The number of nitrogens with zero attached hydrogens (tertiary/aromatic N) is 2. The van der Waals surface area contributed by atoms with Crippen LogP contribution in [0.2, 0.25) is 0 Å². The van der Waals surface area contributed by atoms with Crippen LogP contribution in [0.1, 0.15) is 5.69 Å². The van der Waals surface area contributed by atoms with Crippen LogP contribution in [0.3, 0.4) is 0 Å². The van der Waals surface area contributed by atoms with Crippen molar-refractivity contribution in [1.29, 1.82) is 0 Å². The zero-order valence-corrected chi connectivity index (χ0v) is 8.17. The fourth-order valence-electron chi connectivity index (χ4n) is 1.26. The summed E-state index contributed by atoms with van der Waals surface area (Å²) in [5.74, 6) is 0. The Morgan fingerprint density at radius 1 is 1.33 bits per heavy atom. The van der Waals surface area contributed by atoms with Crippen molar-refractivity contribution in [3.05, 3.63) is 34.6 Å². The van der Waals surface area contributed by atoms with Gasteiger partial charge in [0.25, 0.3) is 0 Å². The van der Waals surface area contributed by atoms with E-state index >= 15 is 0 Å². The lowest BCUT2D eigenvalue weighted by Gasteiger charge is -2.00. The molecule has 0 bridgehead atoms. The second-order valence-corrected chi connectivity index (χ2v) is 3.49. The van der Waals surface area contributed by atoms with E-state index in [9.17, 15) is 0 Å². The van der Waals surface area contributed by atoms with Crippen molar-refractivity contribution in [3.63, 3.8) is 0 Å². The summed E-state index contributed by atoms with van der Waals surface area (Å²) in [4.78, 5) is 0. The number of rotatable bonds is 0. The van der Waals surface area contributed by atoms with Crippen LogP contribution in [0.25, 0.3) is 10.8 Å². The van der Waals surface area contributed by atoms with Crippen molar-refractivity contribution in [2.45, 2.75) is 6.92 Å². The van der Waals surface area contributed by atoms with Crippen molar-refractivity contribution in [3.8, 4) is 0 Å². The van der Waals surface area contributed by atoms with Crippen molar-refractivity contribution in [2.75, 3.05) is 0 Å². The first-order chi connectivity index (χ1) is 5.79. The first-order valence-electron chi connectivity index (χ1n) is 3.65. The van der Waals surface area contributed by atoms with Crippen LogP contribution in [-0.4, -0.2) is 10.2 Å². The zero-order chi connectivity index (χ0) is 8.55. The van der Waals surface area contributed by atoms with Gasteiger partial charge in [-0.15, -0.1) is 0 Å². The third kappa shape index (κ3) is 1.10. The molecule has 60 valence electrons. The molecule has 12 heavy (non-hydrogen) atoms. The Morgan fingerprint density at radius 2 is 2.17 bits per heavy atom. The smallest absolute Gasteiger partial charge is 0.0689 e. The van der Waals surface area contributed by atoms with Gasteiger partial charge in [0.05, 0.1) is 11.9 Å². The van der Waals surface area contributed by atoms with Gasteiger partial charge in [0, 0.05) is 15.2 Å². The van der Waals surface area contributed by atoms with Crippen LogP contribution in [0.5, 0.6) is 0 Å². The summed E-state index contributed by atoms with van der Waals surface area (Å²) >= 11 is 3.48. The Kier molecular flexibility index (Phi) is 1.81. The van der Waals surface area contributed by atoms with E-state index in [-0.39, 0.29) is 0 Å². The molecule has 1 heterocycles. The van der Waals surface area contributed by atoms with Crippen LogP contribution in [0.4, 0.5) is 0 Å². The molecule has 0 radical (unpaired) electrons. The van der Waals surface area contributed by atoms with Gasteiger partial charge in [0.2, 0.25) is 0 Å². The fourth-order valence-corrected chi connectivity index (χ4v) is 1.93. The summed E-state index contributed by atoms with van der Waals surface area (Å²) in [6, 6.07) is 6.03. The van der Waals surface area contributed by atoms with Crippen molar-refractivity contribution in [2.24, 2.45) is 0 Å². The average Bonchev–Trinajstić information content (AvgIpc) is 2.04. The number of aryl methyl sites for hydroxylation is 1. The Labute approximate surface area is 78.8 Å². The summed E-state index contributed by atoms with van der Waals surface area (Å²) in [5.41, 5.74) is 0.958. The average molecular weight is 223 g/mol. The highest BCUT2D eigenvalue weighted by Crippen LogP contribution is 2.24. The van der Waals surface area contributed by atoms with Gasteiger partial charge in [0.1, 0.15) is 0 Å². The normalized spacial score (nSPS) is 10.5. The number of aromatic nitrogens is 2. The third-order valence-corrected chi connectivity index (χ3v) is 2.47. The minimum absolute atomic E-state index is 0.958. The Bertz CT molecular complexity index is 389. The standard InChI is InChI=1S/C9H7BrN2/c1-6-9-7(5-11-12-6)3-2-4-8(9)10/h2-5H,1H3. The minimum Gasteiger partial charge on any atom is -0.158 e. The van der Waals surface area contributed by atoms with E-state index in [1.165, 1.54) is 0 Å². The SMILES string of the molecule is Cc1nncc2cccc(Br)c12. The first-order valence-corrected chi connectivity index (χ1v) is 4.45. The summed E-state index contributed by atoms with van der Waals surface area (Å²) in [5, 5.41) is 10.1. The monoisotopic (exact) mass is 222 g/mol. The number of hydrogen-bond donors (Lipinski definition) is 0. The molecule has 0 saturated heterocycles. The minimum atomic E-state index is 0.958. The third-order valence-electron chi connectivity index (χ3n) is 1.81. The quantitative estimate of drug-likeness (QED) is 0.686. The van der Waals surface area contributed by atoms with Gasteiger partial charge in [-0.1, -0.05) is 28.1 Å². The predicted molar refractivity (Wildman–Crippen MR) is 52.0 cm³/mol. The molecular weight excluding hydrogens is 216 g/mol. The molecule has 3 heteroatoms. The fraction of sp³-hybridized carbons (Fsp3) is 0.111. The predicted octanol–water partition coefficient (Wildman–Crippen LogP) is 2.70. The van der Waals surface area contributed by atoms with E-state index in [1.54, 1.807) is 6.20 Å². The highest BCUT2D eigenvalue weighted by atomic mass is 79.9. The molecule has 2 rings (SSSR count). The summed E-state index contributed by atoms with van der Waals surface area (Å²) < 4.78 is 1.08. The van der Waals surface area contributed by atoms with Crippen molar-refractivity contribution >= 4 is 26.7 Å². The highest BCUT2D eigenvalue weighted by molar-refractivity contribution is 9.10. The van der Waals surface area contributed by atoms with E-state index in [0.717, 1.165) is 20.9 Å². The lowest BCUT2D eigenvalue weighted by molar-refractivity contribution is 1.00. The molecule has 0 aliphatic rings. The number of halogens is 1. The number of benzene rings is 1. The first kappa shape index (κ1) is 7.68. The molecule has 0 spiro atoms. The van der Waals surface area contributed by atoms with Gasteiger partial charge in [-0.25, -0.2) is 0 Å². The lowest BCUT2D eigenvalue weighted by atomic mass is 10.1. The molecule has 2 aromatic rings. The number of fused-ring (bicyclic) bond motifs is 1. The molecule has 0 saturated carbocycles. The second kappa shape index (κ2) is 2.83. The highest BCUT2D eigenvalue weighted by Gasteiger charge is 2.01. The van der Waals surface area contributed by atoms with Crippen molar-refractivity contribution < 1.29 is 0 Å². The van der Waals surface area contributed by atoms with Gasteiger partial charge in [-0.2, -0.15) is 10.2 Å². The van der Waals surface area contributed by atoms with E-state index in [4.69, 9.17) is 0 Å². The van der Waals surface area contributed by atoms with Gasteiger partial charge in [0.15, 0.2) is 0 Å². The molecular formula is C9H7BrN2. The van der Waals surface area contributed by atoms with Gasteiger partial charge in [-0.05, 0) is 13.0 Å². The van der Waals surface area contributed by atoms with Gasteiger partial charge < -0.3 is 0 Å². The zero-order valence-electron chi connectivity index (χ0n) is 6.58. The molecule has 0 aliphatic carbocycles. The van der Waals surface area contributed by atoms with Gasteiger partial charge >= 0.3 is 0 Å². The molecule has 1 aromatic carbocycles.